The lowest BCUT2D eigenvalue weighted by molar-refractivity contribution is -0.0114. The molecular formula is C13H15Cl2NO4S. The molecule has 0 spiro atoms. The van der Waals surface area contributed by atoms with Gasteiger partial charge in [-0.3, -0.25) is 0 Å². The van der Waals surface area contributed by atoms with Gasteiger partial charge in [-0.25, -0.2) is 8.42 Å². The summed E-state index contributed by atoms with van der Waals surface area (Å²) in [6.07, 6.45) is 1.68. The number of benzene rings is 1. The molecule has 1 aromatic rings. The molecular weight excluding hydrogens is 337 g/mol. The molecule has 2 fully saturated rings. The van der Waals surface area contributed by atoms with Crippen molar-refractivity contribution in [3.63, 3.8) is 0 Å². The molecule has 2 aliphatic heterocycles. The molecule has 0 amide bonds. The Balaban J connectivity index is 1.98. The van der Waals surface area contributed by atoms with E-state index in [1.165, 1.54) is 16.4 Å². The maximum atomic E-state index is 12.8. The van der Waals surface area contributed by atoms with Crippen molar-refractivity contribution in [3.8, 4) is 0 Å². The third-order valence-corrected chi connectivity index (χ3v) is 6.55. The summed E-state index contributed by atoms with van der Waals surface area (Å²) in [4.78, 5) is -0.0149. The second kappa shape index (κ2) is 5.68. The number of halogens is 2. The molecule has 0 aromatic heterocycles. The van der Waals surface area contributed by atoms with Crippen LogP contribution in [-0.4, -0.2) is 43.1 Å². The van der Waals surface area contributed by atoms with Crippen molar-refractivity contribution in [1.82, 2.24) is 4.31 Å². The van der Waals surface area contributed by atoms with Crippen molar-refractivity contribution < 1.29 is 18.3 Å². The molecule has 0 saturated carbocycles. The minimum atomic E-state index is -3.72. The summed E-state index contributed by atoms with van der Waals surface area (Å²) in [5, 5.41) is 9.57. The second-order valence-electron chi connectivity index (χ2n) is 5.31. The Morgan fingerprint density at radius 1 is 1.19 bits per heavy atom. The zero-order valence-corrected chi connectivity index (χ0v) is 13.5. The lowest BCUT2D eigenvalue weighted by Gasteiger charge is -2.31. The number of nitrogens with zero attached hydrogens (tertiary/aromatic N) is 1. The van der Waals surface area contributed by atoms with Crippen molar-refractivity contribution in [1.29, 1.82) is 0 Å². The van der Waals surface area contributed by atoms with Gasteiger partial charge in [0.15, 0.2) is 0 Å². The first-order valence-electron chi connectivity index (χ1n) is 6.66. The number of fused-ring (bicyclic) bond motifs is 2. The van der Waals surface area contributed by atoms with Gasteiger partial charge in [0.1, 0.15) is 4.90 Å². The van der Waals surface area contributed by atoms with E-state index in [0.717, 1.165) is 12.8 Å². The van der Waals surface area contributed by atoms with Crippen LogP contribution in [0.4, 0.5) is 0 Å². The average molecular weight is 352 g/mol. The highest BCUT2D eigenvalue weighted by atomic mass is 35.5. The number of hydrogen-bond donors (Lipinski definition) is 1. The van der Waals surface area contributed by atoms with Crippen LogP contribution in [0.2, 0.25) is 10.0 Å². The fraction of sp³-hybridized carbons (Fsp3) is 0.538. The van der Waals surface area contributed by atoms with Crippen molar-refractivity contribution in [2.45, 2.75) is 36.6 Å². The smallest absolute Gasteiger partial charge is 0.244 e. The summed E-state index contributed by atoms with van der Waals surface area (Å²) in [5.41, 5.74) is 0.343. The van der Waals surface area contributed by atoms with Gasteiger partial charge in [-0.2, -0.15) is 4.31 Å². The highest BCUT2D eigenvalue weighted by Gasteiger charge is 2.40. The molecule has 1 aromatic carbocycles. The summed E-state index contributed by atoms with van der Waals surface area (Å²) in [7, 11) is -3.72. The van der Waals surface area contributed by atoms with Crippen LogP contribution in [0.1, 0.15) is 18.4 Å². The van der Waals surface area contributed by atoms with E-state index in [1.807, 2.05) is 0 Å². The van der Waals surface area contributed by atoms with Gasteiger partial charge < -0.3 is 9.84 Å². The molecule has 2 atom stereocenters. The predicted octanol–water partition coefficient (Wildman–Crippen LogP) is 2.04. The Bertz CT molecular complexity index is 652. The van der Waals surface area contributed by atoms with Crippen molar-refractivity contribution in [2.75, 3.05) is 13.1 Å². The van der Waals surface area contributed by atoms with Crippen LogP contribution < -0.4 is 0 Å². The number of rotatable bonds is 3. The van der Waals surface area contributed by atoms with Gasteiger partial charge in [0.05, 0.1) is 23.8 Å². The monoisotopic (exact) mass is 351 g/mol. The van der Waals surface area contributed by atoms with Crippen molar-refractivity contribution >= 4 is 33.2 Å². The van der Waals surface area contributed by atoms with Crippen LogP contribution in [-0.2, 0) is 21.4 Å². The van der Waals surface area contributed by atoms with Gasteiger partial charge in [0, 0.05) is 18.1 Å². The number of morpholine rings is 1. The molecule has 116 valence electrons. The maximum absolute atomic E-state index is 12.8. The van der Waals surface area contributed by atoms with Crippen molar-refractivity contribution in [2.24, 2.45) is 0 Å². The van der Waals surface area contributed by atoms with Gasteiger partial charge in [-0.05, 0) is 30.5 Å². The van der Waals surface area contributed by atoms with E-state index < -0.39 is 10.0 Å². The van der Waals surface area contributed by atoms with Gasteiger partial charge in [-0.15, -0.1) is 0 Å². The molecule has 5 nitrogen and oxygen atoms in total. The lowest BCUT2D eigenvalue weighted by Crippen LogP contribution is -2.45. The van der Waals surface area contributed by atoms with Crippen molar-refractivity contribution in [3.05, 3.63) is 27.7 Å². The number of ether oxygens (including phenoxy) is 1. The third-order valence-electron chi connectivity index (χ3n) is 3.90. The van der Waals surface area contributed by atoms with E-state index in [0.29, 0.717) is 18.7 Å². The molecule has 2 saturated heterocycles. The van der Waals surface area contributed by atoms with Gasteiger partial charge in [0.2, 0.25) is 10.0 Å². The Labute approximate surface area is 133 Å². The van der Waals surface area contributed by atoms with Crippen LogP contribution in [0.15, 0.2) is 17.0 Å². The van der Waals surface area contributed by atoms with Crippen LogP contribution >= 0.6 is 23.2 Å². The molecule has 3 rings (SSSR count). The third kappa shape index (κ3) is 2.81. The van der Waals surface area contributed by atoms with E-state index in [2.05, 4.69) is 0 Å². The highest BCUT2D eigenvalue weighted by Crippen LogP contribution is 2.34. The Hall–Kier alpha value is -0.370. The average Bonchev–Trinajstić information content (AvgIpc) is 2.77. The van der Waals surface area contributed by atoms with E-state index >= 15 is 0 Å². The Morgan fingerprint density at radius 3 is 2.38 bits per heavy atom. The maximum Gasteiger partial charge on any atom is 0.244 e. The number of aliphatic hydroxyl groups is 1. The zero-order valence-electron chi connectivity index (χ0n) is 11.1. The summed E-state index contributed by atoms with van der Waals surface area (Å²) >= 11 is 12.0. The zero-order chi connectivity index (χ0) is 15.2. The minimum absolute atomic E-state index is 0.0149. The quantitative estimate of drug-likeness (QED) is 0.904. The topological polar surface area (TPSA) is 66.8 Å². The van der Waals surface area contributed by atoms with Gasteiger partial charge in [0.25, 0.3) is 0 Å². The number of hydrogen-bond acceptors (Lipinski definition) is 4. The minimum Gasteiger partial charge on any atom is -0.392 e. The largest absolute Gasteiger partial charge is 0.392 e. The molecule has 2 aliphatic rings. The first-order valence-corrected chi connectivity index (χ1v) is 8.86. The fourth-order valence-corrected chi connectivity index (χ4v) is 5.14. The SMILES string of the molecule is O=S(=O)(c1cc(CO)c(Cl)cc1Cl)N1CC2CCC(C1)O2. The van der Waals surface area contributed by atoms with Crippen LogP contribution in [0.5, 0.6) is 0 Å². The van der Waals surface area contributed by atoms with Gasteiger partial charge >= 0.3 is 0 Å². The van der Waals surface area contributed by atoms with Crippen LogP contribution in [0, 0.1) is 0 Å². The second-order valence-corrected chi connectivity index (χ2v) is 8.03. The number of sulfonamides is 1. The summed E-state index contributed by atoms with van der Waals surface area (Å²) in [6, 6.07) is 2.70. The summed E-state index contributed by atoms with van der Waals surface area (Å²) in [6.45, 7) is 0.339. The van der Waals surface area contributed by atoms with E-state index in [9.17, 15) is 13.5 Å². The summed E-state index contributed by atoms with van der Waals surface area (Å²) in [5.74, 6) is 0. The molecule has 2 bridgehead atoms. The molecule has 8 heteroatoms. The molecule has 0 radical (unpaired) electrons. The van der Waals surface area contributed by atoms with Crippen LogP contribution in [0.3, 0.4) is 0 Å². The first kappa shape index (κ1) is 15.5. The normalized spacial score (nSPS) is 26.2. The van der Waals surface area contributed by atoms with E-state index in [1.54, 1.807) is 0 Å². The highest BCUT2D eigenvalue weighted by molar-refractivity contribution is 7.89. The van der Waals surface area contributed by atoms with Crippen LogP contribution in [0.25, 0.3) is 0 Å². The molecule has 21 heavy (non-hydrogen) atoms. The first-order chi connectivity index (χ1) is 9.91. The Morgan fingerprint density at radius 2 is 1.81 bits per heavy atom. The molecule has 2 unspecified atom stereocenters. The predicted molar refractivity (Wildman–Crippen MR) is 79.0 cm³/mol. The number of aliphatic hydroxyl groups excluding tert-OH is 1. The summed E-state index contributed by atoms with van der Waals surface area (Å²) < 4.78 is 32.6. The van der Waals surface area contributed by atoms with E-state index in [4.69, 9.17) is 27.9 Å². The Kier molecular flexibility index (Phi) is 4.20. The van der Waals surface area contributed by atoms with E-state index in [-0.39, 0.29) is 33.8 Å². The van der Waals surface area contributed by atoms with Gasteiger partial charge in [-0.1, -0.05) is 23.2 Å². The fourth-order valence-electron chi connectivity index (χ4n) is 2.80. The molecule has 1 N–H and O–H groups in total. The lowest BCUT2D eigenvalue weighted by atomic mass is 10.2. The molecule has 0 aliphatic carbocycles. The molecule has 2 heterocycles. The standard InChI is InChI=1S/C13H15Cl2NO4S/c14-11-4-12(15)13(3-8(11)7-17)21(18,19)16-5-9-1-2-10(6-16)20-9/h3-4,9-10,17H,1-2,5-7H2.